The summed E-state index contributed by atoms with van der Waals surface area (Å²) in [5.41, 5.74) is 11.4. The molecule has 0 N–H and O–H groups in total. The highest BCUT2D eigenvalue weighted by atomic mass is 14.8. The van der Waals surface area contributed by atoms with Crippen LogP contribution in [0.15, 0.2) is 134 Å². The van der Waals surface area contributed by atoms with Crippen molar-refractivity contribution in [2.24, 2.45) is 0 Å². The number of pyridine rings is 2. The molecule has 0 bridgehead atoms. The maximum Gasteiger partial charge on any atom is 0.0974 e. The van der Waals surface area contributed by atoms with E-state index in [0.29, 0.717) is 0 Å². The minimum absolute atomic E-state index is 0.960. The Hall–Kier alpha value is -5.34. The Balaban J connectivity index is 1.30. The SMILES string of the molecule is Cc1c(C)c2ccc(-c3ccc(-c4cccc(-c5cccc6ccccc56)c4)c4ccccc34)nc2c2ncccc12. The summed E-state index contributed by atoms with van der Waals surface area (Å²) in [5, 5.41) is 7.26. The van der Waals surface area contributed by atoms with E-state index in [1.165, 1.54) is 60.3 Å². The monoisotopic (exact) mass is 536 g/mol. The molecular weight excluding hydrogens is 508 g/mol. The zero-order chi connectivity index (χ0) is 28.2. The molecule has 0 radical (unpaired) electrons. The fourth-order valence-corrected chi connectivity index (χ4v) is 6.50. The lowest BCUT2D eigenvalue weighted by atomic mass is 9.91. The quantitative estimate of drug-likeness (QED) is 0.210. The highest BCUT2D eigenvalue weighted by molar-refractivity contribution is 6.09. The summed E-state index contributed by atoms with van der Waals surface area (Å²) in [6.07, 6.45) is 1.86. The van der Waals surface area contributed by atoms with Gasteiger partial charge in [0, 0.05) is 22.5 Å². The Kier molecular flexibility index (Phi) is 5.61. The molecule has 0 aliphatic rings. The Bertz CT molecular complexity index is 2330. The van der Waals surface area contributed by atoms with E-state index in [1.807, 2.05) is 12.3 Å². The van der Waals surface area contributed by atoms with Gasteiger partial charge in [-0.05, 0) is 87.0 Å². The first-order valence-electron chi connectivity index (χ1n) is 14.4. The second-order valence-electron chi connectivity index (χ2n) is 11.1. The van der Waals surface area contributed by atoms with Crippen molar-refractivity contribution in [1.82, 2.24) is 9.97 Å². The van der Waals surface area contributed by atoms with E-state index in [0.717, 1.165) is 27.7 Å². The molecule has 0 unspecified atom stereocenters. The summed E-state index contributed by atoms with van der Waals surface area (Å²) in [5.74, 6) is 0. The van der Waals surface area contributed by atoms with Crippen LogP contribution < -0.4 is 0 Å². The lowest BCUT2D eigenvalue weighted by Crippen LogP contribution is -1.95. The van der Waals surface area contributed by atoms with Gasteiger partial charge in [0.25, 0.3) is 0 Å². The van der Waals surface area contributed by atoms with Gasteiger partial charge >= 0.3 is 0 Å². The van der Waals surface area contributed by atoms with Crippen molar-refractivity contribution in [3.8, 4) is 33.5 Å². The number of aromatic nitrogens is 2. The summed E-state index contributed by atoms with van der Waals surface area (Å²) >= 11 is 0. The number of fused-ring (bicyclic) bond motifs is 5. The number of hydrogen-bond acceptors (Lipinski definition) is 2. The predicted octanol–water partition coefficient (Wildman–Crippen LogP) is 10.7. The lowest BCUT2D eigenvalue weighted by Gasteiger charge is -2.15. The van der Waals surface area contributed by atoms with Crippen LogP contribution in [-0.2, 0) is 0 Å². The summed E-state index contributed by atoms with van der Waals surface area (Å²) in [4.78, 5) is 10.0. The Morgan fingerprint density at radius 3 is 1.83 bits per heavy atom. The molecule has 2 aromatic heterocycles. The topological polar surface area (TPSA) is 25.8 Å². The zero-order valence-electron chi connectivity index (χ0n) is 23.6. The average Bonchev–Trinajstić information content (AvgIpc) is 3.06. The number of benzene rings is 6. The number of aryl methyl sites for hydroxylation is 2. The maximum absolute atomic E-state index is 5.25. The largest absolute Gasteiger partial charge is 0.254 e. The van der Waals surface area contributed by atoms with Gasteiger partial charge in [0.2, 0.25) is 0 Å². The summed E-state index contributed by atoms with van der Waals surface area (Å²) in [7, 11) is 0. The number of rotatable bonds is 3. The second kappa shape index (κ2) is 9.64. The van der Waals surface area contributed by atoms with E-state index in [-0.39, 0.29) is 0 Å². The van der Waals surface area contributed by atoms with Crippen LogP contribution in [0.1, 0.15) is 11.1 Å². The molecule has 2 heterocycles. The Labute approximate surface area is 244 Å². The van der Waals surface area contributed by atoms with Crippen molar-refractivity contribution >= 4 is 43.4 Å². The van der Waals surface area contributed by atoms with Crippen molar-refractivity contribution in [3.05, 3.63) is 145 Å². The molecule has 8 aromatic rings. The fourth-order valence-electron chi connectivity index (χ4n) is 6.50. The molecule has 0 spiro atoms. The molecule has 2 nitrogen and oxygen atoms in total. The second-order valence-corrected chi connectivity index (χ2v) is 11.1. The van der Waals surface area contributed by atoms with Crippen LogP contribution >= 0.6 is 0 Å². The highest BCUT2D eigenvalue weighted by Crippen LogP contribution is 2.39. The predicted molar refractivity (Wildman–Crippen MR) is 178 cm³/mol. The molecule has 0 saturated carbocycles. The van der Waals surface area contributed by atoms with Crippen molar-refractivity contribution in [2.75, 3.05) is 0 Å². The summed E-state index contributed by atoms with van der Waals surface area (Å²) in [6.45, 7) is 4.36. The van der Waals surface area contributed by atoms with Gasteiger partial charge in [0.15, 0.2) is 0 Å². The standard InChI is InChI=1S/C40H28N2/c1-25-26(2)31-21-22-38(42-40(31)39-30(25)18-9-23-41-39)37-20-19-34(35-15-5-6-16-36(35)37)29-13-7-12-28(24-29)33-17-8-11-27-10-3-4-14-32(27)33/h3-24H,1-2H3. The van der Waals surface area contributed by atoms with E-state index in [4.69, 9.17) is 9.97 Å². The van der Waals surface area contributed by atoms with Crippen molar-refractivity contribution in [2.45, 2.75) is 13.8 Å². The molecule has 0 fully saturated rings. The number of nitrogens with zero attached hydrogens (tertiary/aromatic N) is 2. The molecule has 0 atom stereocenters. The Morgan fingerprint density at radius 1 is 0.429 bits per heavy atom. The fraction of sp³-hybridized carbons (Fsp3) is 0.0500. The molecular formula is C40H28N2. The van der Waals surface area contributed by atoms with Gasteiger partial charge in [-0.25, -0.2) is 4.98 Å². The molecule has 6 aromatic carbocycles. The minimum Gasteiger partial charge on any atom is -0.254 e. The Morgan fingerprint density at radius 2 is 1.02 bits per heavy atom. The van der Waals surface area contributed by atoms with Crippen molar-refractivity contribution in [1.29, 1.82) is 0 Å². The molecule has 0 amide bonds. The van der Waals surface area contributed by atoms with E-state index < -0.39 is 0 Å². The highest BCUT2D eigenvalue weighted by Gasteiger charge is 2.15. The first-order valence-corrected chi connectivity index (χ1v) is 14.4. The van der Waals surface area contributed by atoms with Crippen LogP contribution in [0.4, 0.5) is 0 Å². The van der Waals surface area contributed by atoms with E-state index in [1.54, 1.807) is 0 Å². The van der Waals surface area contributed by atoms with Crippen molar-refractivity contribution < 1.29 is 0 Å². The smallest absolute Gasteiger partial charge is 0.0974 e. The van der Waals surface area contributed by atoms with Gasteiger partial charge in [-0.3, -0.25) is 4.98 Å². The summed E-state index contributed by atoms with van der Waals surface area (Å²) in [6, 6.07) is 45.7. The molecule has 198 valence electrons. The minimum atomic E-state index is 0.960. The van der Waals surface area contributed by atoms with Gasteiger partial charge < -0.3 is 0 Å². The van der Waals surface area contributed by atoms with E-state index in [2.05, 4.69) is 135 Å². The lowest BCUT2D eigenvalue weighted by molar-refractivity contribution is 1.33. The molecule has 0 aliphatic heterocycles. The molecule has 0 saturated heterocycles. The van der Waals surface area contributed by atoms with Crippen LogP contribution in [0.2, 0.25) is 0 Å². The van der Waals surface area contributed by atoms with E-state index >= 15 is 0 Å². The number of hydrogen-bond donors (Lipinski definition) is 0. The van der Waals surface area contributed by atoms with Crippen molar-refractivity contribution in [3.63, 3.8) is 0 Å². The van der Waals surface area contributed by atoms with Gasteiger partial charge in [0.1, 0.15) is 0 Å². The normalized spacial score (nSPS) is 11.6. The molecule has 0 aliphatic carbocycles. The molecule has 42 heavy (non-hydrogen) atoms. The van der Waals surface area contributed by atoms with Crippen LogP contribution in [0.3, 0.4) is 0 Å². The third-order valence-corrected chi connectivity index (χ3v) is 8.77. The molecule has 8 rings (SSSR count). The third-order valence-electron chi connectivity index (χ3n) is 8.77. The first kappa shape index (κ1) is 24.5. The van der Waals surface area contributed by atoms with E-state index in [9.17, 15) is 0 Å². The first-order chi connectivity index (χ1) is 20.7. The third kappa shape index (κ3) is 3.80. The average molecular weight is 537 g/mol. The van der Waals surface area contributed by atoms with Crippen LogP contribution in [-0.4, -0.2) is 9.97 Å². The van der Waals surface area contributed by atoms with Gasteiger partial charge in [-0.15, -0.1) is 0 Å². The molecule has 2 heteroatoms. The summed E-state index contributed by atoms with van der Waals surface area (Å²) < 4.78 is 0. The van der Waals surface area contributed by atoms with Crippen LogP contribution in [0, 0.1) is 13.8 Å². The van der Waals surface area contributed by atoms with Gasteiger partial charge in [-0.2, -0.15) is 0 Å². The zero-order valence-corrected chi connectivity index (χ0v) is 23.6. The maximum atomic E-state index is 5.25. The van der Waals surface area contributed by atoms with Crippen LogP contribution in [0.25, 0.3) is 76.9 Å². The van der Waals surface area contributed by atoms with Crippen LogP contribution in [0.5, 0.6) is 0 Å². The van der Waals surface area contributed by atoms with Gasteiger partial charge in [-0.1, -0.05) is 109 Å². The van der Waals surface area contributed by atoms with Gasteiger partial charge in [0.05, 0.1) is 16.7 Å².